The highest BCUT2D eigenvalue weighted by molar-refractivity contribution is 4.55. The van der Waals surface area contributed by atoms with Crippen LogP contribution in [0.25, 0.3) is 0 Å². The van der Waals surface area contributed by atoms with Crippen molar-refractivity contribution >= 4 is 0 Å². The molecule has 0 aliphatic rings. The van der Waals surface area contributed by atoms with Crippen molar-refractivity contribution < 1.29 is 0 Å². The van der Waals surface area contributed by atoms with E-state index in [1.807, 2.05) is 11.7 Å². The fourth-order valence-corrected chi connectivity index (χ4v) is 1.10. The Balaban J connectivity index is 1.96. The maximum atomic E-state index is 4.02. The summed E-state index contributed by atoms with van der Waals surface area (Å²) < 4.78 is 1.87. The normalized spacial score (nSPS) is 10.4. The monoisotopic (exact) mass is 168 g/mol. The van der Waals surface area contributed by atoms with Crippen molar-refractivity contribution in [2.45, 2.75) is 25.8 Å². The number of nitrogens with one attached hydrogen (secondary N) is 1. The van der Waals surface area contributed by atoms with Crippen LogP contribution in [0, 0.1) is 0 Å². The van der Waals surface area contributed by atoms with Gasteiger partial charge in [-0.2, -0.15) is 5.10 Å². The van der Waals surface area contributed by atoms with Crippen LogP contribution < -0.4 is 5.32 Å². The minimum Gasteiger partial charge on any atom is -0.320 e. The van der Waals surface area contributed by atoms with Gasteiger partial charge in [0.15, 0.2) is 0 Å². The molecule has 0 radical (unpaired) electrons. The summed E-state index contributed by atoms with van der Waals surface area (Å²) in [5, 5.41) is 7.15. The highest BCUT2D eigenvalue weighted by Gasteiger charge is 1.91. The van der Waals surface area contributed by atoms with E-state index in [0.717, 1.165) is 13.1 Å². The maximum absolute atomic E-state index is 4.02. The number of hydrogen-bond acceptors (Lipinski definition) is 3. The standard InChI is InChI=1S/C8H16N4/c1-9-5-3-2-4-6-12-8-10-7-11-12/h7-9H,2-6H2,1H3. The van der Waals surface area contributed by atoms with E-state index in [0.29, 0.717) is 0 Å². The SMILES string of the molecule is CNCCCCCn1cncn1. The van der Waals surface area contributed by atoms with Crippen molar-refractivity contribution in [3.8, 4) is 0 Å². The molecular weight excluding hydrogens is 152 g/mol. The highest BCUT2D eigenvalue weighted by atomic mass is 15.3. The second kappa shape index (κ2) is 5.71. The first-order valence-electron chi connectivity index (χ1n) is 4.40. The summed E-state index contributed by atoms with van der Waals surface area (Å²) in [6, 6.07) is 0. The zero-order valence-electron chi connectivity index (χ0n) is 7.53. The van der Waals surface area contributed by atoms with E-state index < -0.39 is 0 Å². The molecule has 0 bridgehead atoms. The fourth-order valence-electron chi connectivity index (χ4n) is 1.10. The van der Waals surface area contributed by atoms with Crippen LogP contribution in [0.2, 0.25) is 0 Å². The van der Waals surface area contributed by atoms with E-state index in [1.54, 1.807) is 12.7 Å². The Bertz CT molecular complexity index is 183. The van der Waals surface area contributed by atoms with Crippen LogP contribution in [0.1, 0.15) is 19.3 Å². The molecule has 0 aromatic carbocycles. The van der Waals surface area contributed by atoms with Crippen LogP contribution in [0.4, 0.5) is 0 Å². The van der Waals surface area contributed by atoms with Crippen molar-refractivity contribution in [1.82, 2.24) is 20.1 Å². The second-order valence-corrected chi connectivity index (χ2v) is 2.82. The average molecular weight is 168 g/mol. The largest absolute Gasteiger partial charge is 0.320 e. The van der Waals surface area contributed by atoms with Crippen molar-refractivity contribution in [3.63, 3.8) is 0 Å². The van der Waals surface area contributed by atoms with Gasteiger partial charge in [0.1, 0.15) is 12.7 Å². The molecule has 1 rings (SSSR count). The molecule has 0 fully saturated rings. The maximum Gasteiger partial charge on any atom is 0.137 e. The molecule has 4 nitrogen and oxygen atoms in total. The third kappa shape index (κ3) is 3.48. The zero-order valence-corrected chi connectivity index (χ0v) is 7.53. The topological polar surface area (TPSA) is 42.7 Å². The first kappa shape index (κ1) is 9.19. The lowest BCUT2D eigenvalue weighted by molar-refractivity contribution is 0.537. The van der Waals surface area contributed by atoms with Gasteiger partial charge < -0.3 is 5.32 Å². The lowest BCUT2D eigenvalue weighted by Crippen LogP contribution is -2.07. The molecule has 1 heterocycles. The van der Waals surface area contributed by atoms with Gasteiger partial charge in [-0.25, -0.2) is 4.98 Å². The number of aryl methyl sites for hydroxylation is 1. The molecule has 4 heteroatoms. The van der Waals surface area contributed by atoms with Crippen LogP contribution in [-0.4, -0.2) is 28.4 Å². The average Bonchev–Trinajstić information content (AvgIpc) is 2.57. The summed E-state index contributed by atoms with van der Waals surface area (Å²) in [4.78, 5) is 3.88. The Morgan fingerprint density at radius 1 is 1.33 bits per heavy atom. The van der Waals surface area contributed by atoms with Gasteiger partial charge in [-0.1, -0.05) is 6.42 Å². The van der Waals surface area contributed by atoms with Crippen molar-refractivity contribution in [1.29, 1.82) is 0 Å². The molecule has 1 aromatic rings. The summed E-state index contributed by atoms with van der Waals surface area (Å²) in [6.45, 7) is 2.10. The van der Waals surface area contributed by atoms with Gasteiger partial charge in [-0.15, -0.1) is 0 Å². The Morgan fingerprint density at radius 3 is 2.92 bits per heavy atom. The number of nitrogens with zero attached hydrogens (tertiary/aromatic N) is 3. The quantitative estimate of drug-likeness (QED) is 0.635. The summed E-state index contributed by atoms with van der Waals surface area (Å²) in [5.74, 6) is 0. The molecule has 0 unspecified atom stereocenters. The molecule has 0 amide bonds. The Labute approximate surface area is 73.0 Å². The van der Waals surface area contributed by atoms with E-state index in [-0.39, 0.29) is 0 Å². The van der Waals surface area contributed by atoms with E-state index >= 15 is 0 Å². The van der Waals surface area contributed by atoms with E-state index in [2.05, 4.69) is 15.4 Å². The molecule has 0 atom stereocenters. The molecule has 0 spiro atoms. The smallest absolute Gasteiger partial charge is 0.137 e. The Kier molecular flexibility index (Phi) is 4.37. The van der Waals surface area contributed by atoms with Crippen LogP contribution in [0.3, 0.4) is 0 Å². The van der Waals surface area contributed by atoms with E-state index in [1.165, 1.54) is 19.3 Å². The molecule has 0 saturated heterocycles. The Morgan fingerprint density at radius 2 is 2.25 bits per heavy atom. The lowest BCUT2D eigenvalue weighted by Gasteiger charge is -2.00. The van der Waals surface area contributed by atoms with Gasteiger partial charge in [0, 0.05) is 6.54 Å². The van der Waals surface area contributed by atoms with Gasteiger partial charge in [-0.05, 0) is 26.4 Å². The summed E-state index contributed by atoms with van der Waals surface area (Å²) in [7, 11) is 1.98. The van der Waals surface area contributed by atoms with Crippen molar-refractivity contribution in [2.24, 2.45) is 0 Å². The summed E-state index contributed by atoms with van der Waals surface area (Å²) in [6.07, 6.45) is 7.02. The first-order valence-corrected chi connectivity index (χ1v) is 4.40. The minimum absolute atomic E-state index is 0.990. The predicted molar refractivity (Wildman–Crippen MR) is 47.8 cm³/mol. The van der Waals surface area contributed by atoms with Gasteiger partial charge in [0.05, 0.1) is 0 Å². The van der Waals surface area contributed by atoms with Gasteiger partial charge in [-0.3, -0.25) is 4.68 Å². The van der Waals surface area contributed by atoms with Crippen LogP contribution in [0.15, 0.2) is 12.7 Å². The predicted octanol–water partition coefficient (Wildman–Crippen LogP) is 0.668. The third-order valence-electron chi connectivity index (χ3n) is 1.78. The zero-order chi connectivity index (χ0) is 8.65. The molecule has 0 aliphatic carbocycles. The fraction of sp³-hybridized carbons (Fsp3) is 0.750. The van der Waals surface area contributed by atoms with Crippen LogP contribution in [0.5, 0.6) is 0 Å². The Hall–Kier alpha value is -0.900. The number of hydrogen-bond donors (Lipinski definition) is 1. The van der Waals surface area contributed by atoms with E-state index in [4.69, 9.17) is 0 Å². The number of rotatable bonds is 6. The highest BCUT2D eigenvalue weighted by Crippen LogP contribution is 1.96. The third-order valence-corrected chi connectivity index (χ3v) is 1.78. The van der Waals surface area contributed by atoms with Gasteiger partial charge >= 0.3 is 0 Å². The molecule has 0 aliphatic heterocycles. The first-order chi connectivity index (χ1) is 5.93. The van der Waals surface area contributed by atoms with Gasteiger partial charge in [0.25, 0.3) is 0 Å². The van der Waals surface area contributed by atoms with Crippen molar-refractivity contribution in [2.75, 3.05) is 13.6 Å². The van der Waals surface area contributed by atoms with Crippen LogP contribution >= 0.6 is 0 Å². The summed E-state index contributed by atoms with van der Waals surface area (Å²) in [5.41, 5.74) is 0. The van der Waals surface area contributed by atoms with Crippen molar-refractivity contribution in [3.05, 3.63) is 12.7 Å². The molecule has 1 aromatic heterocycles. The second-order valence-electron chi connectivity index (χ2n) is 2.82. The molecule has 1 N–H and O–H groups in total. The van der Waals surface area contributed by atoms with E-state index in [9.17, 15) is 0 Å². The molecule has 0 saturated carbocycles. The lowest BCUT2D eigenvalue weighted by atomic mass is 10.2. The number of unbranched alkanes of at least 4 members (excludes halogenated alkanes) is 2. The number of aromatic nitrogens is 3. The molecule has 68 valence electrons. The minimum atomic E-state index is 0.990. The summed E-state index contributed by atoms with van der Waals surface area (Å²) >= 11 is 0. The molecule has 12 heavy (non-hydrogen) atoms. The van der Waals surface area contributed by atoms with Crippen LogP contribution in [-0.2, 0) is 6.54 Å². The van der Waals surface area contributed by atoms with Gasteiger partial charge in [0.2, 0.25) is 0 Å². The molecular formula is C8H16N4.